The maximum atomic E-state index is 12.9. The molecular formula is C12H8FN3O3. The fourth-order valence-corrected chi connectivity index (χ4v) is 1.41. The molecule has 0 aromatic carbocycles. The molecule has 6 nitrogen and oxygen atoms in total. The number of aromatic carboxylic acids is 1. The highest BCUT2D eigenvalue weighted by Gasteiger charge is 2.14. The van der Waals surface area contributed by atoms with E-state index in [0.29, 0.717) is 0 Å². The van der Waals surface area contributed by atoms with Crippen molar-refractivity contribution < 1.29 is 19.1 Å². The molecule has 0 aliphatic rings. The molecule has 0 spiro atoms. The van der Waals surface area contributed by atoms with Gasteiger partial charge >= 0.3 is 5.97 Å². The van der Waals surface area contributed by atoms with Gasteiger partial charge in [-0.1, -0.05) is 0 Å². The predicted molar refractivity (Wildman–Crippen MR) is 63.3 cm³/mol. The molecule has 19 heavy (non-hydrogen) atoms. The van der Waals surface area contributed by atoms with Gasteiger partial charge in [-0.2, -0.15) is 4.39 Å². The van der Waals surface area contributed by atoms with Gasteiger partial charge in [0, 0.05) is 24.0 Å². The average molecular weight is 261 g/mol. The number of hydrogen-bond acceptors (Lipinski definition) is 4. The standard InChI is InChI=1S/C12H8FN3O3/c13-9-6-7(3-5-14-9)11(17)16-8-2-1-4-15-10(8)12(18)19/h1-6H,(H,16,17)(H,18,19). The molecule has 0 bridgehead atoms. The van der Waals surface area contributed by atoms with Crippen LogP contribution in [0.5, 0.6) is 0 Å². The first-order valence-corrected chi connectivity index (χ1v) is 5.19. The highest BCUT2D eigenvalue weighted by Crippen LogP contribution is 2.13. The summed E-state index contributed by atoms with van der Waals surface area (Å²) in [4.78, 5) is 29.7. The maximum absolute atomic E-state index is 12.9. The molecule has 0 aliphatic heterocycles. The molecule has 0 atom stereocenters. The van der Waals surface area contributed by atoms with Crippen molar-refractivity contribution in [2.75, 3.05) is 5.32 Å². The Morgan fingerprint density at radius 2 is 2.00 bits per heavy atom. The number of carbonyl (C=O) groups excluding carboxylic acids is 1. The lowest BCUT2D eigenvalue weighted by Crippen LogP contribution is -2.16. The van der Waals surface area contributed by atoms with Crippen molar-refractivity contribution in [3.8, 4) is 0 Å². The Labute approximate surface area is 106 Å². The van der Waals surface area contributed by atoms with Gasteiger partial charge in [-0.15, -0.1) is 0 Å². The molecule has 1 amide bonds. The molecule has 2 N–H and O–H groups in total. The molecule has 0 unspecified atom stereocenters. The van der Waals surface area contributed by atoms with E-state index in [1.54, 1.807) is 0 Å². The summed E-state index contributed by atoms with van der Waals surface area (Å²) in [5, 5.41) is 11.3. The summed E-state index contributed by atoms with van der Waals surface area (Å²) in [7, 11) is 0. The molecule has 2 heterocycles. The van der Waals surface area contributed by atoms with Crippen LogP contribution in [0.2, 0.25) is 0 Å². The lowest BCUT2D eigenvalue weighted by molar-refractivity contribution is 0.0691. The van der Waals surface area contributed by atoms with Crippen molar-refractivity contribution >= 4 is 17.6 Å². The van der Waals surface area contributed by atoms with E-state index in [1.165, 1.54) is 24.4 Å². The summed E-state index contributed by atoms with van der Waals surface area (Å²) in [6.07, 6.45) is 2.44. The van der Waals surface area contributed by atoms with E-state index >= 15 is 0 Å². The van der Waals surface area contributed by atoms with Crippen LogP contribution in [0.25, 0.3) is 0 Å². The number of halogens is 1. The number of carboxylic acid groups (broad SMARTS) is 1. The normalized spacial score (nSPS) is 9.95. The monoisotopic (exact) mass is 261 g/mol. The highest BCUT2D eigenvalue weighted by molar-refractivity contribution is 6.07. The zero-order valence-electron chi connectivity index (χ0n) is 9.50. The van der Waals surface area contributed by atoms with Crippen molar-refractivity contribution in [2.45, 2.75) is 0 Å². The minimum Gasteiger partial charge on any atom is -0.476 e. The molecule has 2 aromatic rings. The number of pyridine rings is 2. The van der Waals surface area contributed by atoms with Gasteiger partial charge in [-0.25, -0.2) is 14.8 Å². The second-order valence-electron chi connectivity index (χ2n) is 3.53. The first kappa shape index (κ1) is 12.6. The van der Waals surface area contributed by atoms with Gasteiger partial charge in [0.25, 0.3) is 5.91 Å². The van der Waals surface area contributed by atoms with Gasteiger partial charge in [0.05, 0.1) is 5.69 Å². The number of carbonyl (C=O) groups is 2. The van der Waals surface area contributed by atoms with E-state index in [0.717, 1.165) is 12.3 Å². The van der Waals surface area contributed by atoms with Crippen LogP contribution in [0.1, 0.15) is 20.8 Å². The summed E-state index contributed by atoms with van der Waals surface area (Å²) in [6.45, 7) is 0. The third-order valence-electron chi connectivity index (χ3n) is 2.25. The molecule has 7 heteroatoms. The molecule has 0 fully saturated rings. The van der Waals surface area contributed by atoms with Crippen molar-refractivity contribution in [2.24, 2.45) is 0 Å². The van der Waals surface area contributed by atoms with Crippen molar-refractivity contribution in [3.05, 3.63) is 53.9 Å². The smallest absolute Gasteiger partial charge is 0.356 e. The Morgan fingerprint density at radius 3 is 2.68 bits per heavy atom. The average Bonchev–Trinajstić information content (AvgIpc) is 2.39. The second-order valence-corrected chi connectivity index (χ2v) is 3.53. The fourth-order valence-electron chi connectivity index (χ4n) is 1.41. The molecule has 96 valence electrons. The van der Waals surface area contributed by atoms with Gasteiger partial charge in [-0.3, -0.25) is 4.79 Å². The molecular weight excluding hydrogens is 253 g/mol. The van der Waals surface area contributed by atoms with Crippen LogP contribution in [-0.4, -0.2) is 27.0 Å². The number of hydrogen-bond donors (Lipinski definition) is 2. The number of aromatic nitrogens is 2. The number of rotatable bonds is 3. The predicted octanol–water partition coefficient (Wildman–Crippen LogP) is 1.57. The molecule has 0 radical (unpaired) electrons. The summed E-state index contributed by atoms with van der Waals surface area (Å²) < 4.78 is 12.9. The van der Waals surface area contributed by atoms with Gasteiger partial charge in [0.1, 0.15) is 0 Å². The van der Waals surface area contributed by atoms with Crippen LogP contribution >= 0.6 is 0 Å². The van der Waals surface area contributed by atoms with E-state index in [1.807, 2.05) is 0 Å². The SMILES string of the molecule is O=C(Nc1cccnc1C(=O)O)c1ccnc(F)c1. The topological polar surface area (TPSA) is 92.2 Å². The van der Waals surface area contributed by atoms with Gasteiger partial charge < -0.3 is 10.4 Å². The maximum Gasteiger partial charge on any atom is 0.356 e. The summed E-state index contributed by atoms with van der Waals surface area (Å²) in [5.41, 5.74) is -0.213. The lowest BCUT2D eigenvalue weighted by Gasteiger charge is -2.07. The van der Waals surface area contributed by atoms with Crippen LogP contribution in [0.3, 0.4) is 0 Å². The summed E-state index contributed by atoms with van der Waals surface area (Å²) in [5.74, 6) is -2.70. The van der Waals surface area contributed by atoms with E-state index in [-0.39, 0.29) is 16.9 Å². The highest BCUT2D eigenvalue weighted by atomic mass is 19.1. The second kappa shape index (κ2) is 5.21. The van der Waals surface area contributed by atoms with E-state index < -0.39 is 17.8 Å². The quantitative estimate of drug-likeness (QED) is 0.818. The molecule has 0 aliphatic carbocycles. The Morgan fingerprint density at radius 1 is 1.21 bits per heavy atom. The third kappa shape index (κ3) is 2.89. The van der Waals surface area contributed by atoms with Crippen LogP contribution in [0.15, 0.2) is 36.7 Å². The Hall–Kier alpha value is -2.83. The summed E-state index contributed by atoms with van der Waals surface area (Å²) in [6, 6.07) is 5.14. The van der Waals surface area contributed by atoms with Crippen LogP contribution < -0.4 is 5.32 Å². The Balaban J connectivity index is 2.27. The number of nitrogens with zero attached hydrogens (tertiary/aromatic N) is 2. The number of carboxylic acids is 1. The van der Waals surface area contributed by atoms with Crippen LogP contribution in [-0.2, 0) is 0 Å². The molecule has 2 rings (SSSR count). The Bertz CT molecular complexity index is 646. The minimum absolute atomic E-state index is 0.0349. The van der Waals surface area contributed by atoms with Crippen molar-refractivity contribution in [3.63, 3.8) is 0 Å². The molecule has 2 aromatic heterocycles. The van der Waals surface area contributed by atoms with Crippen LogP contribution in [0, 0.1) is 5.95 Å². The fraction of sp³-hybridized carbons (Fsp3) is 0. The largest absolute Gasteiger partial charge is 0.476 e. The third-order valence-corrected chi connectivity index (χ3v) is 2.25. The minimum atomic E-state index is -1.27. The molecule has 0 saturated carbocycles. The lowest BCUT2D eigenvalue weighted by atomic mass is 10.2. The van der Waals surface area contributed by atoms with E-state index in [4.69, 9.17) is 5.11 Å². The van der Waals surface area contributed by atoms with E-state index in [9.17, 15) is 14.0 Å². The van der Waals surface area contributed by atoms with Crippen LogP contribution in [0.4, 0.5) is 10.1 Å². The Kier molecular flexibility index (Phi) is 3.46. The van der Waals surface area contributed by atoms with E-state index in [2.05, 4.69) is 15.3 Å². The summed E-state index contributed by atoms with van der Waals surface area (Å²) >= 11 is 0. The number of nitrogens with one attached hydrogen (secondary N) is 1. The zero-order valence-corrected chi connectivity index (χ0v) is 9.50. The molecule has 0 saturated heterocycles. The van der Waals surface area contributed by atoms with Gasteiger partial charge in [0.2, 0.25) is 5.95 Å². The first-order chi connectivity index (χ1) is 9.08. The van der Waals surface area contributed by atoms with Crippen molar-refractivity contribution in [1.29, 1.82) is 0 Å². The zero-order chi connectivity index (χ0) is 13.8. The van der Waals surface area contributed by atoms with Crippen molar-refractivity contribution in [1.82, 2.24) is 9.97 Å². The van der Waals surface area contributed by atoms with Gasteiger partial charge in [0.15, 0.2) is 5.69 Å². The number of anilines is 1. The number of amides is 1. The first-order valence-electron chi connectivity index (χ1n) is 5.19. The van der Waals surface area contributed by atoms with Gasteiger partial charge in [-0.05, 0) is 18.2 Å².